The van der Waals surface area contributed by atoms with Crippen molar-refractivity contribution in [3.8, 4) is 0 Å². The monoisotopic (exact) mass is 280 g/mol. The lowest BCUT2D eigenvalue weighted by atomic mass is 10.1. The fourth-order valence-corrected chi connectivity index (χ4v) is 2.08. The SMILES string of the molecule is O=C(/C(Cn1nnc2ccccc21)=N\O)c1ccccc1. The summed E-state index contributed by atoms with van der Waals surface area (Å²) in [6.45, 7) is 0.0603. The molecule has 1 heterocycles. The number of fused-ring (bicyclic) bond motifs is 1. The molecule has 3 rings (SSSR count). The van der Waals surface area contributed by atoms with Crippen LogP contribution in [0.5, 0.6) is 0 Å². The molecule has 0 aliphatic heterocycles. The zero-order valence-electron chi connectivity index (χ0n) is 11.0. The third kappa shape index (κ3) is 2.51. The smallest absolute Gasteiger partial charge is 0.212 e. The maximum Gasteiger partial charge on any atom is 0.212 e. The Balaban J connectivity index is 1.90. The maximum atomic E-state index is 12.3. The van der Waals surface area contributed by atoms with Crippen molar-refractivity contribution < 1.29 is 10.0 Å². The van der Waals surface area contributed by atoms with E-state index in [-0.39, 0.29) is 18.0 Å². The molecule has 0 saturated heterocycles. The molecular formula is C15H12N4O2. The van der Waals surface area contributed by atoms with Crippen molar-refractivity contribution in [1.82, 2.24) is 15.0 Å². The molecule has 1 N–H and O–H groups in total. The van der Waals surface area contributed by atoms with Gasteiger partial charge in [-0.1, -0.05) is 52.8 Å². The first-order chi connectivity index (χ1) is 10.3. The van der Waals surface area contributed by atoms with Gasteiger partial charge in [0, 0.05) is 5.56 Å². The zero-order valence-corrected chi connectivity index (χ0v) is 11.0. The summed E-state index contributed by atoms with van der Waals surface area (Å²) in [6, 6.07) is 16.1. The van der Waals surface area contributed by atoms with E-state index in [1.54, 1.807) is 24.3 Å². The molecule has 1 aromatic heterocycles. The molecule has 0 radical (unpaired) electrons. The van der Waals surface area contributed by atoms with Crippen LogP contribution in [0.15, 0.2) is 59.8 Å². The van der Waals surface area contributed by atoms with Crippen LogP contribution in [0.2, 0.25) is 0 Å². The number of ketones is 1. The molecule has 0 unspecified atom stereocenters. The normalized spacial score (nSPS) is 11.7. The molecule has 0 spiro atoms. The number of benzene rings is 2. The van der Waals surface area contributed by atoms with Crippen molar-refractivity contribution in [3.63, 3.8) is 0 Å². The number of aromatic nitrogens is 3. The Morgan fingerprint density at radius 1 is 1.10 bits per heavy atom. The van der Waals surface area contributed by atoms with Gasteiger partial charge >= 0.3 is 0 Å². The van der Waals surface area contributed by atoms with Crippen molar-refractivity contribution in [2.75, 3.05) is 0 Å². The van der Waals surface area contributed by atoms with Crippen LogP contribution in [-0.2, 0) is 6.54 Å². The van der Waals surface area contributed by atoms with Crippen LogP contribution in [0.1, 0.15) is 10.4 Å². The van der Waals surface area contributed by atoms with Gasteiger partial charge in [-0.2, -0.15) is 0 Å². The molecule has 21 heavy (non-hydrogen) atoms. The number of carbonyl (C=O) groups is 1. The molecule has 6 heteroatoms. The Kier molecular flexibility index (Phi) is 3.42. The van der Waals surface area contributed by atoms with E-state index in [2.05, 4.69) is 15.5 Å². The predicted molar refractivity (Wildman–Crippen MR) is 77.5 cm³/mol. The van der Waals surface area contributed by atoms with Crippen molar-refractivity contribution >= 4 is 22.5 Å². The minimum atomic E-state index is -0.335. The van der Waals surface area contributed by atoms with Crippen LogP contribution in [0.4, 0.5) is 0 Å². The second kappa shape index (κ2) is 5.54. The summed E-state index contributed by atoms with van der Waals surface area (Å²) in [4.78, 5) is 12.3. The fourth-order valence-electron chi connectivity index (χ4n) is 2.08. The van der Waals surface area contributed by atoms with E-state index in [0.717, 1.165) is 11.0 Å². The highest BCUT2D eigenvalue weighted by Crippen LogP contribution is 2.11. The van der Waals surface area contributed by atoms with Gasteiger partial charge in [-0.15, -0.1) is 5.10 Å². The summed E-state index contributed by atoms with van der Waals surface area (Å²) in [7, 11) is 0. The Hall–Kier alpha value is -3.02. The summed E-state index contributed by atoms with van der Waals surface area (Å²) in [6.07, 6.45) is 0. The number of rotatable bonds is 4. The molecular weight excluding hydrogens is 268 g/mol. The molecule has 0 aliphatic carbocycles. The quantitative estimate of drug-likeness (QED) is 0.343. The predicted octanol–water partition coefficient (Wildman–Crippen LogP) is 2.14. The average Bonchev–Trinajstić information content (AvgIpc) is 2.96. The van der Waals surface area contributed by atoms with Crippen molar-refractivity contribution in [2.45, 2.75) is 6.54 Å². The minimum absolute atomic E-state index is 0.0110. The molecule has 104 valence electrons. The largest absolute Gasteiger partial charge is 0.410 e. The summed E-state index contributed by atoms with van der Waals surface area (Å²) in [5.74, 6) is -0.335. The second-order valence-corrected chi connectivity index (χ2v) is 4.48. The average molecular weight is 280 g/mol. The third-order valence-electron chi connectivity index (χ3n) is 3.14. The van der Waals surface area contributed by atoms with Crippen molar-refractivity contribution in [2.24, 2.45) is 5.16 Å². The molecule has 2 aromatic carbocycles. The van der Waals surface area contributed by atoms with E-state index in [9.17, 15) is 4.79 Å². The van der Waals surface area contributed by atoms with E-state index in [1.165, 1.54) is 4.68 Å². The Morgan fingerprint density at radius 3 is 2.57 bits per heavy atom. The standard InChI is InChI=1S/C15H12N4O2/c20-15(11-6-2-1-3-7-11)13(17-21)10-19-14-9-5-4-8-12(14)16-18-19/h1-9,21H,10H2/b17-13-. The van der Waals surface area contributed by atoms with E-state index in [0.29, 0.717) is 5.56 Å². The van der Waals surface area contributed by atoms with E-state index in [1.807, 2.05) is 30.3 Å². The first kappa shape index (κ1) is 13.0. The first-order valence-corrected chi connectivity index (χ1v) is 6.38. The topological polar surface area (TPSA) is 80.4 Å². The summed E-state index contributed by atoms with van der Waals surface area (Å²) in [5, 5.41) is 20.2. The lowest BCUT2D eigenvalue weighted by Gasteiger charge is -2.04. The van der Waals surface area contributed by atoms with Crippen LogP contribution in [0.25, 0.3) is 11.0 Å². The molecule has 0 amide bonds. The minimum Gasteiger partial charge on any atom is -0.410 e. The molecule has 6 nitrogen and oxygen atoms in total. The lowest BCUT2D eigenvalue weighted by Crippen LogP contribution is -2.21. The number of para-hydroxylation sites is 1. The van der Waals surface area contributed by atoms with Gasteiger partial charge in [0.2, 0.25) is 5.78 Å². The summed E-state index contributed by atoms with van der Waals surface area (Å²) >= 11 is 0. The lowest BCUT2D eigenvalue weighted by molar-refractivity contribution is 0.105. The van der Waals surface area contributed by atoms with Gasteiger partial charge in [0.05, 0.1) is 12.1 Å². The zero-order chi connectivity index (χ0) is 14.7. The third-order valence-corrected chi connectivity index (χ3v) is 3.14. The van der Waals surface area contributed by atoms with Gasteiger partial charge < -0.3 is 5.21 Å². The molecule has 0 fully saturated rings. The first-order valence-electron chi connectivity index (χ1n) is 6.38. The number of nitrogens with zero attached hydrogens (tertiary/aromatic N) is 4. The van der Waals surface area contributed by atoms with E-state index in [4.69, 9.17) is 5.21 Å². The van der Waals surface area contributed by atoms with Gasteiger partial charge in [-0.05, 0) is 12.1 Å². The number of hydrogen-bond acceptors (Lipinski definition) is 5. The highest BCUT2D eigenvalue weighted by molar-refractivity contribution is 6.45. The Morgan fingerprint density at radius 2 is 1.81 bits per heavy atom. The highest BCUT2D eigenvalue weighted by atomic mass is 16.4. The highest BCUT2D eigenvalue weighted by Gasteiger charge is 2.17. The van der Waals surface area contributed by atoms with E-state index >= 15 is 0 Å². The van der Waals surface area contributed by atoms with Crippen LogP contribution < -0.4 is 0 Å². The second-order valence-electron chi connectivity index (χ2n) is 4.48. The summed E-state index contributed by atoms with van der Waals surface area (Å²) in [5.41, 5.74) is 1.98. The molecule has 3 aromatic rings. The number of carbonyl (C=O) groups excluding carboxylic acids is 1. The van der Waals surface area contributed by atoms with Crippen LogP contribution in [0.3, 0.4) is 0 Å². The van der Waals surface area contributed by atoms with Crippen LogP contribution in [-0.4, -0.2) is 31.7 Å². The van der Waals surface area contributed by atoms with Gasteiger partial charge in [0.1, 0.15) is 11.2 Å². The van der Waals surface area contributed by atoms with Crippen LogP contribution >= 0.6 is 0 Å². The van der Waals surface area contributed by atoms with Crippen LogP contribution in [0, 0.1) is 0 Å². The van der Waals surface area contributed by atoms with Crippen molar-refractivity contribution in [1.29, 1.82) is 0 Å². The van der Waals surface area contributed by atoms with Gasteiger partial charge in [-0.25, -0.2) is 4.68 Å². The van der Waals surface area contributed by atoms with Gasteiger partial charge in [0.25, 0.3) is 0 Å². The number of oxime groups is 1. The van der Waals surface area contributed by atoms with Crippen molar-refractivity contribution in [3.05, 3.63) is 60.2 Å². The fraction of sp³-hybridized carbons (Fsp3) is 0.0667. The molecule has 0 saturated carbocycles. The summed E-state index contributed by atoms with van der Waals surface area (Å²) < 4.78 is 1.53. The maximum absolute atomic E-state index is 12.3. The molecule has 0 atom stereocenters. The number of Topliss-reactive ketones (excluding diaryl/α,β-unsaturated/α-hetero) is 1. The number of hydrogen-bond donors (Lipinski definition) is 1. The Labute approximate surface area is 120 Å². The van der Waals surface area contributed by atoms with E-state index < -0.39 is 0 Å². The molecule has 0 aliphatic rings. The Bertz CT molecular complexity index is 809. The van der Waals surface area contributed by atoms with Gasteiger partial charge in [-0.3, -0.25) is 4.79 Å². The van der Waals surface area contributed by atoms with Gasteiger partial charge in [0.15, 0.2) is 0 Å². The molecule has 0 bridgehead atoms.